The van der Waals surface area contributed by atoms with Gasteiger partial charge < -0.3 is 10.2 Å². The molecule has 0 bridgehead atoms. The van der Waals surface area contributed by atoms with E-state index >= 15 is 0 Å². The third kappa shape index (κ3) is 3.43. The van der Waals surface area contributed by atoms with Gasteiger partial charge in [0, 0.05) is 4.88 Å². The number of quaternary nitrogens is 1. The fourth-order valence-electron chi connectivity index (χ4n) is 1.86. The van der Waals surface area contributed by atoms with Crippen LogP contribution in [0.3, 0.4) is 0 Å². The van der Waals surface area contributed by atoms with Gasteiger partial charge in [0.2, 0.25) is 5.91 Å². The molecule has 0 saturated heterocycles. The number of likely N-dealkylation sites (N-methyl/N-ethyl adjacent to an activating group) is 1. The number of thiophene rings is 1. The Bertz CT molecular complexity index is 675. The highest BCUT2D eigenvalue weighted by atomic mass is 32.1. The van der Waals surface area contributed by atoms with Gasteiger partial charge in [-0.2, -0.15) is 0 Å². The Morgan fingerprint density at radius 2 is 2.25 bits per heavy atom. The summed E-state index contributed by atoms with van der Waals surface area (Å²) in [5.41, 5.74) is -0.160. The van der Waals surface area contributed by atoms with Gasteiger partial charge in [-0.1, -0.05) is 0 Å². The van der Waals surface area contributed by atoms with E-state index in [0.29, 0.717) is 11.9 Å². The van der Waals surface area contributed by atoms with Gasteiger partial charge in [-0.05, 0) is 13.0 Å². The molecule has 0 saturated carbocycles. The smallest absolute Gasteiger partial charge is 0.262 e. The van der Waals surface area contributed by atoms with Crippen LogP contribution >= 0.6 is 11.3 Å². The average Bonchev–Trinajstić information content (AvgIpc) is 2.74. The summed E-state index contributed by atoms with van der Waals surface area (Å²) in [6.45, 7) is 3.40. The zero-order valence-electron chi connectivity index (χ0n) is 11.9. The van der Waals surface area contributed by atoms with E-state index in [1.807, 2.05) is 27.1 Å². The van der Waals surface area contributed by atoms with Gasteiger partial charge in [0.15, 0.2) is 0 Å². The zero-order valence-corrected chi connectivity index (χ0v) is 12.7. The molecule has 0 aromatic carbocycles. The summed E-state index contributed by atoms with van der Waals surface area (Å²) in [6.07, 6.45) is 1.44. The van der Waals surface area contributed by atoms with Crippen LogP contribution in [-0.4, -0.2) is 42.6 Å². The van der Waals surface area contributed by atoms with Crippen LogP contribution in [0.1, 0.15) is 4.88 Å². The van der Waals surface area contributed by atoms with Crippen molar-refractivity contribution < 1.29 is 9.69 Å². The predicted octanol–water partition coefficient (Wildman–Crippen LogP) is -0.973. The topological polar surface area (TPSA) is 68.4 Å². The first-order valence-corrected chi connectivity index (χ1v) is 7.30. The van der Waals surface area contributed by atoms with Crippen LogP contribution in [0.25, 0.3) is 10.2 Å². The van der Waals surface area contributed by atoms with Crippen molar-refractivity contribution in [3.8, 4) is 0 Å². The van der Waals surface area contributed by atoms with Crippen LogP contribution in [-0.2, 0) is 11.3 Å². The lowest BCUT2D eigenvalue weighted by atomic mass is 10.3. The lowest BCUT2D eigenvalue weighted by molar-refractivity contribution is -0.856. The number of rotatable bonds is 5. The largest absolute Gasteiger partial charge is 0.349 e. The molecule has 2 aromatic heterocycles. The van der Waals surface area contributed by atoms with Gasteiger partial charge in [-0.3, -0.25) is 14.2 Å². The molecule has 7 heteroatoms. The van der Waals surface area contributed by atoms with Gasteiger partial charge in [0.25, 0.3) is 5.56 Å². The van der Waals surface area contributed by atoms with E-state index < -0.39 is 0 Å². The monoisotopic (exact) mass is 295 g/mol. The van der Waals surface area contributed by atoms with E-state index in [2.05, 4.69) is 10.3 Å². The molecule has 0 spiro atoms. The summed E-state index contributed by atoms with van der Waals surface area (Å²) in [5.74, 6) is -0.165. The minimum Gasteiger partial charge on any atom is -0.349 e. The molecule has 2 aromatic rings. The number of nitrogens with one attached hydrogen (secondary N) is 2. The molecule has 0 atom stereocenters. The molecule has 2 N–H and O–H groups in total. The number of carbonyl (C=O) groups excluding carboxylic acids is 1. The molecule has 6 nitrogen and oxygen atoms in total. The maximum Gasteiger partial charge on any atom is 0.262 e. The molecule has 0 radical (unpaired) electrons. The van der Waals surface area contributed by atoms with Crippen molar-refractivity contribution in [1.82, 2.24) is 14.9 Å². The number of carbonyl (C=O) groups is 1. The fourth-order valence-corrected chi connectivity index (χ4v) is 2.69. The van der Waals surface area contributed by atoms with Gasteiger partial charge in [0.1, 0.15) is 11.4 Å². The highest BCUT2D eigenvalue weighted by Crippen LogP contribution is 2.19. The lowest BCUT2D eigenvalue weighted by Crippen LogP contribution is -3.06. The molecule has 0 fully saturated rings. The number of aryl methyl sites for hydroxylation is 1. The summed E-state index contributed by atoms with van der Waals surface area (Å²) in [5, 5.41) is 3.38. The van der Waals surface area contributed by atoms with Crippen molar-refractivity contribution in [1.29, 1.82) is 0 Å². The number of amides is 1. The highest BCUT2D eigenvalue weighted by Gasteiger charge is 2.10. The van der Waals surface area contributed by atoms with Crippen molar-refractivity contribution in [3.63, 3.8) is 0 Å². The van der Waals surface area contributed by atoms with E-state index in [1.165, 1.54) is 27.1 Å². The van der Waals surface area contributed by atoms with E-state index in [9.17, 15) is 9.59 Å². The van der Waals surface area contributed by atoms with Crippen molar-refractivity contribution in [2.24, 2.45) is 0 Å². The van der Waals surface area contributed by atoms with E-state index in [0.717, 1.165) is 16.3 Å². The van der Waals surface area contributed by atoms with Gasteiger partial charge in [-0.15, -0.1) is 11.3 Å². The quantitative estimate of drug-likeness (QED) is 0.745. The summed E-state index contributed by atoms with van der Waals surface area (Å²) in [4.78, 5) is 31.2. The molecule has 0 unspecified atom stereocenters. The third-order valence-corrected chi connectivity index (χ3v) is 3.86. The normalized spacial score (nSPS) is 11.2. The Labute approximate surface area is 121 Å². The summed E-state index contributed by atoms with van der Waals surface area (Å²) < 4.78 is 1.35. The first kappa shape index (κ1) is 14.7. The lowest BCUT2D eigenvalue weighted by Gasteiger charge is -2.09. The molecule has 0 aliphatic carbocycles. The van der Waals surface area contributed by atoms with E-state index in [-0.39, 0.29) is 18.0 Å². The second kappa shape index (κ2) is 6.15. The van der Waals surface area contributed by atoms with Crippen molar-refractivity contribution in [2.75, 3.05) is 27.2 Å². The Balaban J connectivity index is 2.08. The average molecular weight is 295 g/mol. The van der Waals surface area contributed by atoms with Crippen LogP contribution < -0.4 is 15.8 Å². The first-order valence-electron chi connectivity index (χ1n) is 6.48. The standard InChI is InChI=1S/C13H18N4O2S/c1-9-6-10-12(20-9)15-8-17(13(10)19)7-11(18)14-4-5-16(2)3/h6,8H,4-5,7H2,1-3H3,(H,14,18)/p+1. The van der Waals surface area contributed by atoms with Crippen molar-refractivity contribution >= 4 is 27.5 Å². The van der Waals surface area contributed by atoms with Gasteiger partial charge in [0.05, 0.1) is 38.9 Å². The zero-order chi connectivity index (χ0) is 14.7. The molecular weight excluding hydrogens is 276 g/mol. The minimum absolute atomic E-state index is 0.0133. The molecule has 2 heterocycles. The molecule has 2 rings (SSSR count). The maximum atomic E-state index is 12.2. The second-order valence-corrected chi connectivity index (χ2v) is 6.30. The predicted molar refractivity (Wildman–Crippen MR) is 79.3 cm³/mol. The van der Waals surface area contributed by atoms with E-state index in [1.54, 1.807) is 0 Å². The number of nitrogens with zero attached hydrogens (tertiary/aromatic N) is 2. The summed E-state index contributed by atoms with van der Waals surface area (Å²) in [7, 11) is 4.04. The van der Waals surface area contributed by atoms with Crippen molar-refractivity contribution in [2.45, 2.75) is 13.5 Å². The molecule has 0 aliphatic rings. The van der Waals surface area contributed by atoms with Crippen LogP contribution in [0, 0.1) is 6.92 Å². The third-order valence-electron chi connectivity index (χ3n) is 2.90. The Hall–Kier alpha value is -1.73. The summed E-state index contributed by atoms with van der Waals surface area (Å²) in [6, 6.07) is 1.82. The van der Waals surface area contributed by atoms with Gasteiger partial charge in [-0.25, -0.2) is 4.98 Å². The van der Waals surface area contributed by atoms with Crippen LogP contribution in [0.2, 0.25) is 0 Å². The summed E-state index contributed by atoms with van der Waals surface area (Å²) >= 11 is 1.48. The minimum atomic E-state index is -0.165. The highest BCUT2D eigenvalue weighted by molar-refractivity contribution is 7.18. The Morgan fingerprint density at radius 3 is 2.95 bits per heavy atom. The maximum absolute atomic E-state index is 12.2. The number of hydrogen-bond acceptors (Lipinski definition) is 4. The second-order valence-electron chi connectivity index (χ2n) is 5.06. The molecule has 0 aliphatic heterocycles. The molecular formula is C13H19N4O2S+. The molecule has 108 valence electrons. The van der Waals surface area contributed by atoms with E-state index in [4.69, 9.17) is 0 Å². The fraction of sp³-hybridized carbons (Fsp3) is 0.462. The van der Waals surface area contributed by atoms with Crippen LogP contribution in [0.5, 0.6) is 0 Å². The van der Waals surface area contributed by atoms with Gasteiger partial charge >= 0.3 is 0 Å². The van der Waals surface area contributed by atoms with Crippen molar-refractivity contribution in [3.05, 3.63) is 27.6 Å². The molecule has 20 heavy (non-hydrogen) atoms. The number of hydrogen-bond donors (Lipinski definition) is 2. The molecule has 1 amide bonds. The number of fused-ring (bicyclic) bond motifs is 1. The van der Waals surface area contributed by atoms with Crippen LogP contribution in [0.15, 0.2) is 17.2 Å². The number of aromatic nitrogens is 2. The SMILES string of the molecule is Cc1cc2c(=O)n(CC(=O)NCC[NH+](C)C)cnc2s1. The Kier molecular flexibility index (Phi) is 4.51. The first-order chi connectivity index (χ1) is 9.47. The Morgan fingerprint density at radius 1 is 1.50 bits per heavy atom. The van der Waals surface area contributed by atoms with Crippen LogP contribution in [0.4, 0.5) is 0 Å².